The van der Waals surface area contributed by atoms with Crippen molar-refractivity contribution in [2.75, 3.05) is 12.4 Å². The molecule has 0 saturated carbocycles. The van der Waals surface area contributed by atoms with Crippen LogP contribution in [0.3, 0.4) is 0 Å². The fourth-order valence-corrected chi connectivity index (χ4v) is 2.16. The van der Waals surface area contributed by atoms with Gasteiger partial charge in [0.05, 0.1) is 17.5 Å². The number of hydrogen-bond acceptors (Lipinski definition) is 4. The summed E-state index contributed by atoms with van der Waals surface area (Å²) in [6, 6.07) is 9.85. The van der Waals surface area contributed by atoms with E-state index in [1.165, 1.54) is 6.07 Å². The first-order valence-electron chi connectivity index (χ1n) is 5.83. The normalized spacial score (nSPS) is 10.8. The van der Waals surface area contributed by atoms with Crippen molar-refractivity contribution in [1.29, 1.82) is 0 Å². The molecule has 1 heterocycles. The molecule has 0 amide bonds. The first-order chi connectivity index (χ1) is 9.69. The average molecular weight is 293 g/mol. The molecule has 102 valence electrons. The van der Waals surface area contributed by atoms with Crippen LogP contribution in [-0.2, 0) is 0 Å². The molecule has 0 radical (unpaired) electrons. The maximum atomic E-state index is 13.5. The van der Waals surface area contributed by atoms with E-state index in [1.807, 2.05) is 0 Å². The smallest absolute Gasteiger partial charge is 0.204 e. The second-order valence-corrected chi connectivity index (χ2v) is 4.53. The average Bonchev–Trinajstić information content (AvgIpc) is 2.84. The summed E-state index contributed by atoms with van der Waals surface area (Å²) in [4.78, 5) is 0. The predicted octanol–water partition coefficient (Wildman–Crippen LogP) is 4.37. The van der Waals surface area contributed by atoms with Crippen molar-refractivity contribution in [3.05, 3.63) is 47.2 Å². The lowest BCUT2D eigenvalue weighted by Gasteiger charge is -2.06. The minimum Gasteiger partial charge on any atom is -0.495 e. The SMILES string of the molecule is COc1ccc(Nc2noc3c(F)cccc23)cc1Cl. The summed E-state index contributed by atoms with van der Waals surface area (Å²) in [5.41, 5.74) is 0.824. The maximum Gasteiger partial charge on any atom is 0.204 e. The van der Waals surface area contributed by atoms with Crippen LogP contribution in [0.1, 0.15) is 0 Å². The van der Waals surface area contributed by atoms with Crippen molar-refractivity contribution < 1.29 is 13.7 Å². The summed E-state index contributed by atoms with van der Waals surface area (Å²) in [7, 11) is 1.54. The summed E-state index contributed by atoms with van der Waals surface area (Å²) in [6.07, 6.45) is 0. The Balaban J connectivity index is 1.97. The van der Waals surface area contributed by atoms with Gasteiger partial charge < -0.3 is 14.6 Å². The number of aromatic nitrogens is 1. The maximum absolute atomic E-state index is 13.5. The number of fused-ring (bicyclic) bond motifs is 1. The standard InChI is InChI=1S/C14H10ClFN2O2/c1-19-12-6-5-8(7-10(12)15)17-14-9-3-2-4-11(16)13(9)20-18-14/h2-7H,1H3,(H,17,18). The number of nitrogens with one attached hydrogen (secondary N) is 1. The van der Waals surface area contributed by atoms with E-state index in [2.05, 4.69) is 10.5 Å². The third kappa shape index (κ3) is 2.16. The minimum atomic E-state index is -0.448. The van der Waals surface area contributed by atoms with Crippen LogP contribution in [0, 0.1) is 5.82 Å². The summed E-state index contributed by atoms with van der Waals surface area (Å²) in [6.45, 7) is 0. The highest BCUT2D eigenvalue weighted by molar-refractivity contribution is 6.32. The van der Waals surface area contributed by atoms with Crippen molar-refractivity contribution in [1.82, 2.24) is 5.16 Å². The van der Waals surface area contributed by atoms with Gasteiger partial charge in [0, 0.05) is 5.69 Å². The summed E-state index contributed by atoms with van der Waals surface area (Å²) in [5.74, 6) is 0.560. The Morgan fingerprint density at radius 2 is 2.15 bits per heavy atom. The largest absolute Gasteiger partial charge is 0.495 e. The van der Waals surface area contributed by atoms with E-state index in [4.69, 9.17) is 20.9 Å². The Morgan fingerprint density at radius 1 is 1.30 bits per heavy atom. The lowest BCUT2D eigenvalue weighted by molar-refractivity contribution is 0.415. The third-order valence-electron chi connectivity index (χ3n) is 2.86. The zero-order chi connectivity index (χ0) is 14.1. The van der Waals surface area contributed by atoms with Gasteiger partial charge in [-0.15, -0.1) is 0 Å². The first-order valence-corrected chi connectivity index (χ1v) is 6.21. The van der Waals surface area contributed by atoms with Crippen molar-refractivity contribution >= 4 is 34.1 Å². The monoisotopic (exact) mass is 292 g/mol. The van der Waals surface area contributed by atoms with Gasteiger partial charge in [-0.05, 0) is 30.3 Å². The molecular formula is C14H10ClFN2O2. The van der Waals surface area contributed by atoms with E-state index < -0.39 is 5.82 Å². The Bertz CT molecular complexity index is 773. The summed E-state index contributed by atoms with van der Waals surface area (Å²) < 4.78 is 23.6. The number of para-hydroxylation sites is 1. The summed E-state index contributed by atoms with van der Waals surface area (Å²) in [5, 5.41) is 7.89. The van der Waals surface area contributed by atoms with Crippen molar-refractivity contribution in [3.63, 3.8) is 0 Å². The Morgan fingerprint density at radius 3 is 2.90 bits per heavy atom. The molecule has 0 unspecified atom stereocenters. The van der Waals surface area contributed by atoms with E-state index in [0.717, 1.165) is 0 Å². The van der Waals surface area contributed by atoms with Crippen LogP contribution in [0.4, 0.5) is 15.9 Å². The minimum absolute atomic E-state index is 0.120. The molecule has 6 heteroatoms. The van der Waals surface area contributed by atoms with Crippen LogP contribution < -0.4 is 10.1 Å². The third-order valence-corrected chi connectivity index (χ3v) is 3.16. The quantitative estimate of drug-likeness (QED) is 0.778. The van der Waals surface area contributed by atoms with Gasteiger partial charge in [0.1, 0.15) is 5.75 Å². The molecule has 1 aromatic heterocycles. The zero-order valence-corrected chi connectivity index (χ0v) is 11.2. The highest BCUT2D eigenvalue weighted by atomic mass is 35.5. The molecule has 2 aromatic carbocycles. The second-order valence-electron chi connectivity index (χ2n) is 4.12. The van der Waals surface area contributed by atoms with E-state index in [1.54, 1.807) is 37.4 Å². The first kappa shape index (κ1) is 12.7. The molecule has 3 rings (SSSR count). The molecule has 20 heavy (non-hydrogen) atoms. The molecule has 4 nitrogen and oxygen atoms in total. The van der Waals surface area contributed by atoms with E-state index in [9.17, 15) is 4.39 Å². The summed E-state index contributed by atoms with van der Waals surface area (Å²) >= 11 is 6.04. The number of benzene rings is 2. The molecular weight excluding hydrogens is 283 g/mol. The van der Waals surface area contributed by atoms with Gasteiger partial charge in [-0.2, -0.15) is 0 Å². The molecule has 3 aromatic rings. The van der Waals surface area contributed by atoms with Crippen LogP contribution in [0.25, 0.3) is 11.0 Å². The van der Waals surface area contributed by atoms with Gasteiger partial charge in [-0.3, -0.25) is 0 Å². The molecule has 0 fully saturated rings. The Hall–Kier alpha value is -2.27. The Kier molecular flexibility index (Phi) is 3.20. The number of methoxy groups -OCH3 is 1. The van der Waals surface area contributed by atoms with Crippen LogP contribution in [0.15, 0.2) is 40.9 Å². The highest BCUT2D eigenvalue weighted by Gasteiger charge is 2.12. The van der Waals surface area contributed by atoms with Crippen LogP contribution in [-0.4, -0.2) is 12.3 Å². The molecule has 1 N–H and O–H groups in total. The van der Waals surface area contributed by atoms with Gasteiger partial charge >= 0.3 is 0 Å². The van der Waals surface area contributed by atoms with Crippen molar-refractivity contribution in [3.8, 4) is 5.75 Å². The van der Waals surface area contributed by atoms with Crippen LogP contribution >= 0.6 is 11.6 Å². The highest BCUT2D eigenvalue weighted by Crippen LogP contribution is 2.31. The predicted molar refractivity (Wildman–Crippen MR) is 75.3 cm³/mol. The van der Waals surface area contributed by atoms with Crippen LogP contribution in [0.2, 0.25) is 5.02 Å². The Labute approximate surface area is 119 Å². The number of ether oxygens (including phenoxy) is 1. The van der Waals surface area contributed by atoms with Crippen molar-refractivity contribution in [2.45, 2.75) is 0 Å². The van der Waals surface area contributed by atoms with Crippen molar-refractivity contribution in [2.24, 2.45) is 0 Å². The molecule has 0 aliphatic rings. The lowest BCUT2D eigenvalue weighted by atomic mass is 10.2. The molecule has 0 saturated heterocycles. The zero-order valence-electron chi connectivity index (χ0n) is 10.5. The van der Waals surface area contributed by atoms with Gasteiger partial charge in [-0.1, -0.05) is 22.8 Å². The van der Waals surface area contributed by atoms with Gasteiger partial charge in [0.2, 0.25) is 5.58 Å². The molecule has 0 atom stereocenters. The number of hydrogen-bond donors (Lipinski definition) is 1. The molecule has 0 bridgehead atoms. The second kappa shape index (κ2) is 5.02. The van der Waals surface area contributed by atoms with Gasteiger partial charge in [0.15, 0.2) is 11.6 Å². The lowest BCUT2D eigenvalue weighted by Crippen LogP contribution is -1.92. The molecule has 0 aliphatic carbocycles. The van der Waals surface area contributed by atoms with Crippen LogP contribution in [0.5, 0.6) is 5.75 Å². The number of halogens is 2. The van der Waals surface area contributed by atoms with E-state index in [0.29, 0.717) is 27.7 Å². The van der Waals surface area contributed by atoms with Gasteiger partial charge in [0.25, 0.3) is 0 Å². The molecule has 0 spiro atoms. The van der Waals surface area contributed by atoms with Gasteiger partial charge in [-0.25, -0.2) is 4.39 Å². The fourth-order valence-electron chi connectivity index (χ4n) is 1.90. The number of anilines is 2. The molecule has 0 aliphatic heterocycles. The topological polar surface area (TPSA) is 47.3 Å². The van der Waals surface area contributed by atoms with E-state index >= 15 is 0 Å². The van der Waals surface area contributed by atoms with E-state index in [-0.39, 0.29) is 5.58 Å². The fraction of sp³-hybridized carbons (Fsp3) is 0.0714. The number of rotatable bonds is 3. The number of nitrogens with zero attached hydrogens (tertiary/aromatic N) is 1.